The molecule has 100 valence electrons. The lowest BCUT2D eigenvalue weighted by atomic mass is 10.0. The van der Waals surface area contributed by atoms with Gasteiger partial charge in [-0.3, -0.25) is 4.79 Å². The maximum absolute atomic E-state index is 11.6. The summed E-state index contributed by atoms with van der Waals surface area (Å²) in [5.74, 6) is -1.63. The number of carbonyl (C=O) groups excluding carboxylic acids is 1. The van der Waals surface area contributed by atoms with Gasteiger partial charge in [0.15, 0.2) is 0 Å². The minimum absolute atomic E-state index is 0.173. The SMILES string of the molecule is CC(C)[C@H](NC(=O)[C@H](N)CCCCN)C(=O)O. The highest BCUT2D eigenvalue weighted by Gasteiger charge is 2.25. The molecule has 0 aromatic carbocycles. The predicted octanol–water partition coefficient (Wildman–Crippen LogP) is -0.332. The Morgan fingerprint density at radius 3 is 2.29 bits per heavy atom. The third-order valence-corrected chi connectivity index (χ3v) is 2.54. The highest BCUT2D eigenvalue weighted by Crippen LogP contribution is 2.04. The zero-order chi connectivity index (χ0) is 13.4. The lowest BCUT2D eigenvalue weighted by Crippen LogP contribution is -2.50. The Morgan fingerprint density at radius 2 is 1.88 bits per heavy atom. The molecule has 0 heterocycles. The van der Waals surface area contributed by atoms with Crippen molar-refractivity contribution in [3.63, 3.8) is 0 Å². The van der Waals surface area contributed by atoms with Crippen LogP contribution in [0.1, 0.15) is 33.1 Å². The Labute approximate surface area is 102 Å². The van der Waals surface area contributed by atoms with Crippen LogP contribution in [0.4, 0.5) is 0 Å². The first-order valence-electron chi connectivity index (χ1n) is 5.89. The molecule has 0 aliphatic rings. The van der Waals surface area contributed by atoms with Crippen molar-refractivity contribution in [2.45, 2.75) is 45.2 Å². The monoisotopic (exact) mass is 245 g/mol. The van der Waals surface area contributed by atoms with E-state index < -0.39 is 24.0 Å². The van der Waals surface area contributed by atoms with Crippen LogP contribution in [0.3, 0.4) is 0 Å². The molecular formula is C11H23N3O3. The lowest BCUT2D eigenvalue weighted by molar-refractivity contribution is -0.143. The molecule has 0 aromatic heterocycles. The maximum Gasteiger partial charge on any atom is 0.326 e. The number of unbranched alkanes of at least 4 members (excludes halogenated alkanes) is 1. The van der Waals surface area contributed by atoms with Crippen LogP contribution < -0.4 is 16.8 Å². The van der Waals surface area contributed by atoms with Gasteiger partial charge in [0, 0.05) is 0 Å². The van der Waals surface area contributed by atoms with Crippen molar-refractivity contribution in [2.75, 3.05) is 6.54 Å². The van der Waals surface area contributed by atoms with Crippen LogP contribution in [-0.2, 0) is 9.59 Å². The molecule has 0 saturated carbocycles. The minimum atomic E-state index is -1.04. The Kier molecular flexibility index (Phi) is 7.49. The predicted molar refractivity (Wildman–Crippen MR) is 65.3 cm³/mol. The van der Waals surface area contributed by atoms with Crippen molar-refractivity contribution in [3.05, 3.63) is 0 Å². The van der Waals surface area contributed by atoms with Gasteiger partial charge < -0.3 is 21.9 Å². The summed E-state index contributed by atoms with van der Waals surface area (Å²) in [5, 5.41) is 11.4. The quantitative estimate of drug-likeness (QED) is 0.437. The molecule has 0 radical (unpaired) electrons. The average molecular weight is 245 g/mol. The van der Waals surface area contributed by atoms with Gasteiger partial charge in [-0.2, -0.15) is 0 Å². The van der Waals surface area contributed by atoms with E-state index >= 15 is 0 Å². The minimum Gasteiger partial charge on any atom is -0.480 e. The van der Waals surface area contributed by atoms with E-state index in [1.807, 2.05) is 0 Å². The fourth-order valence-corrected chi connectivity index (χ4v) is 1.41. The van der Waals surface area contributed by atoms with Crippen LogP contribution in [0.2, 0.25) is 0 Å². The van der Waals surface area contributed by atoms with Gasteiger partial charge in [0.1, 0.15) is 6.04 Å². The van der Waals surface area contributed by atoms with Gasteiger partial charge in [-0.15, -0.1) is 0 Å². The number of aliphatic carboxylic acids is 1. The van der Waals surface area contributed by atoms with Gasteiger partial charge in [0.2, 0.25) is 5.91 Å². The van der Waals surface area contributed by atoms with Crippen LogP contribution in [-0.4, -0.2) is 35.6 Å². The molecule has 0 rings (SSSR count). The Hall–Kier alpha value is -1.14. The third kappa shape index (κ3) is 6.23. The van der Waals surface area contributed by atoms with Gasteiger partial charge in [-0.25, -0.2) is 4.79 Å². The molecule has 17 heavy (non-hydrogen) atoms. The summed E-state index contributed by atoms with van der Waals surface area (Å²) in [4.78, 5) is 22.5. The standard InChI is InChI=1S/C11H23N3O3/c1-7(2)9(11(16)17)14-10(15)8(13)5-3-4-6-12/h7-9H,3-6,12-13H2,1-2H3,(H,14,15)(H,16,17)/t8-,9+/m1/s1. The van der Waals surface area contributed by atoms with Crippen molar-refractivity contribution < 1.29 is 14.7 Å². The van der Waals surface area contributed by atoms with Gasteiger partial charge in [0.25, 0.3) is 0 Å². The number of hydrogen-bond donors (Lipinski definition) is 4. The van der Waals surface area contributed by atoms with E-state index in [1.54, 1.807) is 13.8 Å². The Balaban J connectivity index is 4.16. The number of nitrogens with one attached hydrogen (secondary N) is 1. The zero-order valence-electron chi connectivity index (χ0n) is 10.5. The summed E-state index contributed by atoms with van der Waals surface area (Å²) >= 11 is 0. The number of hydrogen-bond acceptors (Lipinski definition) is 4. The van der Waals surface area contributed by atoms with E-state index in [2.05, 4.69) is 5.32 Å². The van der Waals surface area contributed by atoms with E-state index in [0.29, 0.717) is 13.0 Å². The number of carbonyl (C=O) groups is 2. The number of rotatable bonds is 8. The molecule has 0 saturated heterocycles. The molecule has 1 amide bonds. The molecule has 6 heteroatoms. The molecule has 0 aliphatic carbocycles. The molecule has 0 aromatic rings. The second-order valence-electron chi connectivity index (χ2n) is 4.46. The number of nitrogens with two attached hydrogens (primary N) is 2. The normalized spacial score (nSPS) is 14.4. The van der Waals surface area contributed by atoms with E-state index in [-0.39, 0.29) is 5.92 Å². The summed E-state index contributed by atoms with van der Waals surface area (Å²) in [6.45, 7) is 4.04. The fraction of sp³-hybridized carbons (Fsp3) is 0.818. The van der Waals surface area contributed by atoms with Crippen molar-refractivity contribution in [1.29, 1.82) is 0 Å². The average Bonchev–Trinajstić information content (AvgIpc) is 2.24. The van der Waals surface area contributed by atoms with E-state index in [1.165, 1.54) is 0 Å². The maximum atomic E-state index is 11.6. The van der Waals surface area contributed by atoms with Crippen molar-refractivity contribution in [3.8, 4) is 0 Å². The van der Waals surface area contributed by atoms with Gasteiger partial charge in [0.05, 0.1) is 6.04 Å². The second kappa shape index (κ2) is 8.03. The van der Waals surface area contributed by atoms with Gasteiger partial charge >= 0.3 is 5.97 Å². The third-order valence-electron chi connectivity index (χ3n) is 2.54. The highest BCUT2D eigenvalue weighted by molar-refractivity contribution is 5.86. The number of carboxylic acid groups (broad SMARTS) is 1. The summed E-state index contributed by atoms with van der Waals surface area (Å²) < 4.78 is 0. The fourth-order valence-electron chi connectivity index (χ4n) is 1.41. The first kappa shape index (κ1) is 15.9. The smallest absolute Gasteiger partial charge is 0.326 e. The summed E-state index contributed by atoms with van der Waals surface area (Å²) in [7, 11) is 0. The molecule has 6 nitrogen and oxygen atoms in total. The van der Waals surface area contributed by atoms with E-state index in [9.17, 15) is 9.59 Å². The van der Waals surface area contributed by atoms with Gasteiger partial charge in [-0.1, -0.05) is 20.3 Å². The molecule has 0 unspecified atom stereocenters. The van der Waals surface area contributed by atoms with Gasteiger partial charge in [-0.05, 0) is 25.3 Å². The first-order chi connectivity index (χ1) is 7.90. The zero-order valence-corrected chi connectivity index (χ0v) is 10.5. The molecule has 0 aliphatic heterocycles. The molecular weight excluding hydrogens is 222 g/mol. The Bertz CT molecular complexity index is 256. The molecule has 0 bridgehead atoms. The molecule has 0 fully saturated rings. The van der Waals surface area contributed by atoms with E-state index in [0.717, 1.165) is 12.8 Å². The summed E-state index contributed by atoms with van der Waals surface area (Å²) in [5.41, 5.74) is 11.0. The number of amides is 1. The van der Waals surface area contributed by atoms with E-state index in [4.69, 9.17) is 16.6 Å². The molecule has 0 spiro atoms. The van der Waals surface area contributed by atoms with Crippen LogP contribution in [0.5, 0.6) is 0 Å². The lowest BCUT2D eigenvalue weighted by Gasteiger charge is -2.20. The van der Waals surface area contributed by atoms with Crippen molar-refractivity contribution in [2.24, 2.45) is 17.4 Å². The van der Waals surface area contributed by atoms with Crippen LogP contribution in [0, 0.1) is 5.92 Å². The van der Waals surface area contributed by atoms with Crippen molar-refractivity contribution >= 4 is 11.9 Å². The topological polar surface area (TPSA) is 118 Å². The largest absolute Gasteiger partial charge is 0.480 e. The number of carboxylic acids is 1. The van der Waals surface area contributed by atoms with Crippen LogP contribution in [0.15, 0.2) is 0 Å². The van der Waals surface area contributed by atoms with Crippen LogP contribution >= 0.6 is 0 Å². The van der Waals surface area contributed by atoms with Crippen LogP contribution in [0.25, 0.3) is 0 Å². The second-order valence-corrected chi connectivity index (χ2v) is 4.46. The Morgan fingerprint density at radius 1 is 1.29 bits per heavy atom. The molecule has 2 atom stereocenters. The molecule has 6 N–H and O–H groups in total. The summed E-state index contributed by atoms with van der Waals surface area (Å²) in [6, 6.07) is -1.55. The summed E-state index contributed by atoms with van der Waals surface area (Å²) in [6.07, 6.45) is 2.10. The first-order valence-corrected chi connectivity index (χ1v) is 5.89. The highest BCUT2D eigenvalue weighted by atomic mass is 16.4. The van der Waals surface area contributed by atoms with Crippen molar-refractivity contribution in [1.82, 2.24) is 5.32 Å².